The summed E-state index contributed by atoms with van der Waals surface area (Å²) >= 11 is 0. The molecule has 3 N–H and O–H groups in total. The summed E-state index contributed by atoms with van der Waals surface area (Å²) in [6.07, 6.45) is 1.96. The largest absolute Gasteiger partial charge is 0.390 e. The molecule has 0 fully saturated rings. The molecule has 0 unspecified atom stereocenters. The zero-order valence-electron chi connectivity index (χ0n) is 22.4. The van der Waals surface area contributed by atoms with Crippen molar-refractivity contribution in [2.24, 2.45) is 5.92 Å². The first-order chi connectivity index (χ1) is 17.2. The molecular formula is C28H45N3O4S. The number of rotatable bonds is 17. The molecule has 0 aromatic heterocycles. The van der Waals surface area contributed by atoms with Crippen LogP contribution in [0.25, 0.3) is 10.8 Å². The molecule has 202 valence electrons. The number of aliphatic hydroxyl groups excluding tert-OH is 1. The van der Waals surface area contributed by atoms with Crippen LogP contribution in [0.1, 0.15) is 58.9 Å². The SMILES string of the molecule is CCCN(CCC)S(=O)(=O)CCC(=O)N[C@@H](Cc1cccc2ccccc12)[C@H](O)CNCCC(C)C. The lowest BCUT2D eigenvalue weighted by molar-refractivity contribution is -0.122. The molecule has 0 aliphatic carbocycles. The van der Waals surface area contributed by atoms with Crippen molar-refractivity contribution in [3.8, 4) is 0 Å². The summed E-state index contributed by atoms with van der Waals surface area (Å²) in [5, 5.41) is 19.4. The van der Waals surface area contributed by atoms with Gasteiger partial charge in [-0.25, -0.2) is 12.7 Å². The highest BCUT2D eigenvalue weighted by Gasteiger charge is 2.25. The lowest BCUT2D eigenvalue weighted by Crippen LogP contribution is -2.49. The number of hydrogen-bond donors (Lipinski definition) is 3. The second-order valence-electron chi connectivity index (χ2n) is 9.94. The Hall–Kier alpha value is -2.00. The van der Waals surface area contributed by atoms with Gasteiger partial charge >= 0.3 is 0 Å². The molecule has 1 amide bonds. The van der Waals surface area contributed by atoms with Gasteiger partial charge in [0.05, 0.1) is 17.9 Å². The molecule has 2 rings (SSSR count). The minimum atomic E-state index is -3.51. The highest BCUT2D eigenvalue weighted by molar-refractivity contribution is 7.89. The third-order valence-corrected chi connectivity index (χ3v) is 8.18. The van der Waals surface area contributed by atoms with E-state index in [1.54, 1.807) is 0 Å². The van der Waals surface area contributed by atoms with Gasteiger partial charge < -0.3 is 15.7 Å². The number of nitrogens with one attached hydrogen (secondary N) is 2. The molecule has 0 heterocycles. The molecular weight excluding hydrogens is 474 g/mol. The second kappa shape index (κ2) is 15.3. The van der Waals surface area contributed by atoms with Gasteiger partial charge in [-0.05, 0) is 54.5 Å². The molecule has 0 saturated carbocycles. The Bertz CT molecular complexity index is 1030. The highest BCUT2D eigenvalue weighted by Crippen LogP contribution is 2.20. The average Bonchev–Trinajstić information content (AvgIpc) is 2.85. The van der Waals surface area contributed by atoms with E-state index in [9.17, 15) is 18.3 Å². The summed E-state index contributed by atoms with van der Waals surface area (Å²) in [7, 11) is -3.51. The number of amides is 1. The van der Waals surface area contributed by atoms with Gasteiger partial charge in [-0.2, -0.15) is 0 Å². The Morgan fingerprint density at radius 2 is 1.69 bits per heavy atom. The molecule has 2 aromatic rings. The van der Waals surface area contributed by atoms with Crippen molar-refractivity contribution in [3.63, 3.8) is 0 Å². The average molecular weight is 520 g/mol. The van der Waals surface area contributed by atoms with Crippen molar-refractivity contribution < 1.29 is 18.3 Å². The fourth-order valence-electron chi connectivity index (χ4n) is 4.29. The molecule has 0 aliphatic heterocycles. The fourth-order valence-corrected chi connectivity index (χ4v) is 5.92. The number of benzene rings is 2. The first-order valence-electron chi connectivity index (χ1n) is 13.3. The van der Waals surface area contributed by atoms with E-state index in [-0.39, 0.29) is 18.1 Å². The van der Waals surface area contributed by atoms with E-state index in [0.717, 1.165) is 42.1 Å². The number of aliphatic hydroxyl groups is 1. The van der Waals surface area contributed by atoms with E-state index in [0.29, 0.717) is 32.0 Å². The minimum Gasteiger partial charge on any atom is -0.390 e. The first kappa shape index (κ1) is 30.2. The summed E-state index contributed by atoms with van der Waals surface area (Å²) < 4.78 is 27.0. The van der Waals surface area contributed by atoms with Gasteiger partial charge in [0.15, 0.2) is 0 Å². The fraction of sp³-hybridized carbons (Fsp3) is 0.607. The van der Waals surface area contributed by atoms with Gasteiger partial charge in [0, 0.05) is 26.1 Å². The Morgan fingerprint density at radius 1 is 1.03 bits per heavy atom. The lowest BCUT2D eigenvalue weighted by Gasteiger charge is -2.26. The van der Waals surface area contributed by atoms with E-state index >= 15 is 0 Å². The van der Waals surface area contributed by atoms with Crippen LogP contribution in [-0.2, 0) is 21.2 Å². The van der Waals surface area contributed by atoms with Crippen molar-refractivity contribution in [2.75, 3.05) is 31.9 Å². The van der Waals surface area contributed by atoms with Gasteiger partial charge in [-0.1, -0.05) is 70.2 Å². The van der Waals surface area contributed by atoms with Crippen LogP contribution in [-0.4, -0.2) is 67.8 Å². The maximum atomic E-state index is 12.9. The van der Waals surface area contributed by atoms with Gasteiger partial charge in [-0.15, -0.1) is 0 Å². The first-order valence-corrected chi connectivity index (χ1v) is 14.9. The molecule has 0 bridgehead atoms. The van der Waals surface area contributed by atoms with Crippen LogP contribution in [0.15, 0.2) is 42.5 Å². The van der Waals surface area contributed by atoms with Gasteiger partial charge in [0.25, 0.3) is 0 Å². The number of nitrogens with zero attached hydrogens (tertiary/aromatic N) is 1. The summed E-state index contributed by atoms with van der Waals surface area (Å²) in [5.74, 6) is -0.0384. The van der Waals surface area contributed by atoms with Gasteiger partial charge in [0.1, 0.15) is 0 Å². The van der Waals surface area contributed by atoms with Crippen molar-refractivity contribution in [1.82, 2.24) is 14.9 Å². The highest BCUT2D eigenvalue weighted by atomic mass is 32.2. The van der Waals surface area contributed by atoms with E-state index in [1.165, 1.54) is 4.31 Å². The number of sulfonamides is 1. The van der Waals surface area contributed by atoms with Gasteiger partial charge in [0.2, 0.25) is 15.9 Å². The number of hydrogen-bond acceptors (Lipinski definition) is 5. The monoisotopic (exact) mass is 519 g/mol. The normalized spacial score (nSPS) is 13.9. The third-order valence-electron chi connectivity index (χ3n) is 6.31. The van der Waals surface area contributed by atoms with Crippen LogP contribution >= 0.6 is 0 Å². The Kier molecular flexibility index (Phi) is 12.8. The van der Waals surface area contributed by atoms with E-state index in [2.05, 4.69) is 24.5 Å². The van der Waals surface area contributed by atoms with E-state index in [1.807, 2.05) is 56.3 Å². The van der Waals surface area contributed by atoms with Crippen LogP contribution in [0.3, 0.4) is 0 Å². The minimum absolute atomic E-state index is 0.133. The lowest BCUT2D eigenvalue weighted by atomic mass is 9.96. The molecule has 2 aromatic carbocycles. The Morgan fingerprint density at radius 3 is 2.36 bits per heavy atom. The van der Waals surface area contributed by atoms with Crippen LogP contribution in [0, 0.1) is 5.92 Å². The van der Waals surface area contributed by atoms with Crippen molar-refractivity contribution >= 4 is 26.7 Å². The molecule has 0 spiro atoms. The summed E-state index contributed by atoms with van der Waals surface area (Å²) in [6.45, 7) is 10.2. The van der Waals surface area contributed by atoms with Crippen LogP contribution in [0.4, 0.5) is 0 Å². The predicted molar refractivity (Wildman–Crippen MR) is 148 cm³/mol. The number of fused-ring (bicyclic) bond motifs is 1. The standard InChI is InChI=1S/C28H45N3O4S/c1-5-17-31(18-6-2)36(34,35)19-15-28(33)30-26(27(32)21-29-16-14-22(3)4)20-24-12-9-11-23-10-7-8-13-25(23)24/h7-13,22,26-27,29,32H,5-6,14-21H2,1-4H3,(H,30,33)/t26-,27+/m0/s1. The Balaban J connectivity index is 2.11. The quantitative estimate of drug-likeness (QED) is 0.277. The molecule has 36 heavy (non-hydrogen) atoms. The molecule has 2 atom stereocenters. The van der Waals surface area contributed by atoms with Crippen molar-refractivity contribution in [3.05, 3.63) is 48.0 Å². The predicted octanol–water partition coefficient (Wildman–Crippen LogP) is 3.71. The smallest absolute Gasteiger partial charge is 0.221 e. The summed E-state index contributed by atoms with van der Waals surface area (Å²) in [4.78, 5) is 12.9. The Labute approximate surface area is 217 Å². The molecule has 7 nitrogen and oxygen atoms in total. The zero-order valence-corrected chi connectivity index (χ0v) is 23.2. The van der Waals surface area contributed by atoms with Crippen molar-refractivity contribution in [1.29, 1.82) is 0 Å². The van der Waals surface area contributed by atoms with E-state index in [4.69, 9.17) is 0 Å². The topological polar surface area (TPSA) is 98.7 Å². The number of carbonyl (C=O) groups excluding carboxylic acids is 1. The maximum Gasteiger partial charge on any atom is 0.221 e. The van der Waals surface area contributed by atoms with Crippen LogP contribution in [0.2, 0.25) is 0 Å². The third kappa shape index (κ3) is 9.81. The van der Waals surface area contributed by atoms with Crippen LogP contribution in [0.5, 0.6) is 0 Å². The van der Waals surface area contributed by atoms with Gasteiger partial charge in [-0.3, -0.25) is 4.79 Å². The van der Waals surface area contributed by atoms with Crippen LogP contribution < -0.4 is 10.6 Å². The molecule has 8 heteroatoms. The van der Waals surface area contributed by atoms with Crippen molar-refractivity contribution in [2.45, 2.75) is 71.9 Å². The molecule has 0 radical (unpaired) electrons. The molecule has 0 aliphatic rings. The second-order valence-corrected chi connectivity index (χ2v) is 12.0. The summed E-state index contributed by atoms with van der Waals surface area (Å²) in [6, 6.07) is 13.5. The number of carbonyl (C=O) groups is 1. The van der Waals surface area contributed by atoms with E-state index < -0.39 is 22.2 Å². The maximum absolute atomic E-state index is 12.9. The zero-order chi connectivity index (χ0) is 26.6. The summed E-state index contributed by atoms with van der Waals surface area (Å²) in [5.41, 5.74) is 1.03. The molecule has 0 saturated heterocycles.